The third-order valence-electron chi connectivity index (χ3n) is 2.81. The van der Waals surface area contributed by atoms with Crippen LogP contribution in [0.1, 0.15) is 0 Å². The summed E-state index contributed by atoms with van der Waals surface area (Å²) in [6.45, 7) is 0. The molecule has 3 aromatic rings. The van der Waals surface area contributed by atoms with Gasteiger partial charge in [-0.2, -0.15) is 0 Å². The molecule has 0 radical (unpaired) electrons. The molecular formula is C15H11NO. The Hall–Kier alpha value is -2.35. The number of aromatic nitrogens is 1. The van der Waals surface area contributed by atoms with Crippen LogP contribution in [-0.4, -0.2) is 10.1 Å². The Morgan fingerprint density at radius 2 is 1.59 bits per heavy atom. The Balaban J connectivity index is 2.27. The van der Waals surface area contributed by atoms with E-state index in [4.69, 9.17) is 0 Å². The van der Waals surface area contributed by atoms with Crippen LogP contribution in [0.15, 0.2) is 60.8 Å². The number of phenols is 1. The minimum atomic E-state index is 0.272. The Kier molecular flexibility index (Phi) is 2.26. The van der Waals surface area contributed by atoms with Crippen LogP contribution in [0.2, 0.25) is 0 Å². The smallest absolute Gasteiger partial charge is 0.115 e. The summed E-state index contributed by atoms with van der Waals surface area (Å²) >= 11 is 0. The van der Waals surface area contributed by atoms with E-state index in [1.54, 1.807) is 12.1 Å². The second-order valence-electron chi connectivity index (χ2n) is 3.93. The Morgan fingerprint density at radius 1 is 0.824 bits per heavy atom. The van der Waals surface area contributed by atoms with E-state index in [2.05, 4.69) is 17.1 Å². The number of phenolic OH excluding ortho intramolecular Hbond substituents is 1. The molecule has 1 heterocycles. The summed E-state index contributed by atoms with van der Waals surface area (Å²) in [5, 5.41) is 11.6. The molecule has 82 valence electrons. The molecule has 0 bridgehead atoms. The highest BCUT2D eigenvalue weighted by molar-refractivity contribution is 5.94. The molecule has 17 heavy (non-hydrogen) atoms. The largest absolute Gasteiger partial charge is 0.508 e. The van der Waals surface area contributed by atoms with Gasteiger partial charge in [0.1, 0.15) is 5.75 Å². The van der Waals surface area contributed by atoms with Gasteiger partial charge in [0.2, 0.25) is 0 Å². The lowest BCUT2D eigenvalue weighted by molar-refractivity contribution is 0.475. The minimum absolute atomic E-state index is 0.272. The number of benzene rings is 2. The molecule has 0 aliphatic carbocycles. The first-order valence-corrected chi connectivity index (χ1v) is 5.48. The minimum Gasteiger partial charge on any atom is -0.508 e. The first kappa shape index (κ1) is 9.85. The summed E-state index contributed by atoms with van der Waals surface area (Å²) < 4.78 is 0. The van der Waals surface area contributed by atoms with Gasteiger partial charge in [-0.05, 0) is 35.7 Å². The molecule has 0 spiro atoms. The van der Waals surface area contributed by atoms with E-state index in [-0.39, 0.29) is 5.75 Å². The van der Waals surface area contributed by atoms with Crippen LogP contribution >= 0.6 is 0 Å². The fourth-order valence-electron chi connectivity index (χ4n) is 1.97. The maximum absolute atomic E-state index is 9.30. The number of nitrogens with zero attached hydrogens (tertiary/aromatic N) is 1. The van der Waals surface area contributed by atoms with Crippen LogP contribution < -0.4 is 0 Å². The highest BCUT2D eigenvalue weighted by Crippen LogP contribution is 2.27. The van der Waals surface area contributed by atoms with Crippen molar-refractivity contribution < 1.29 is 5.11 Å². The first-order valence-electron chi connectivity index (χ1n) is 5.48. The molecule has 2 heteroatoms. The Labute approximate surface area is 99.2 Å². The maximum atomic E-state index is 9.30. The van der Waals surface area contributed by atoms with E-state index >= 15 is 0 Å². The van der Waals surface area contributed by atoms with Gasteiger partial charge >= 0.3 is 0 Å². The van der Waals surface area contributed by atoms with E-state index in [0.29, 0.717) is 0 Å². The highest BCUT2D eigenvalue weighted by Gasteiger charge is 2.04. The van der Waals surface area contributed by atoms with Crippen molar-refractivity contribution in [2.24, 2.45) is 0 Å². The normalized spacial score (nSPS) is 10.6. The zero-order valence-electron chi connectivity index (χ0n) is 9.17. The number of hydrogen-bond acceptors (Lipinski definition) is 2. The van der Waals surface area contributed by atoms with Crippen molar-refractivity contribution in [3.8, 4) is 17.0 Å². The van der Waals surface area contributed by atoms with Gasteiger partial charge in [0.15, 0.2) is 0 Å². The fraction of sp³-hybridized carbons (Fsp3) is 0. The third-order valence-corrected chi connectivity index (χ3v) is 2.81. The summed E-state index contributed by atoms with van der Waals surface area (Å²) in [7, 11) is 0. The van der Waals surface area contributed by atoms with Crippen molar-refractivity contribution in [2.75, 3.05) is 0 Å². The van der Waals surface area contributed by atoms with Crippen LogP contribution in [0.25, 0.3) is 22.0 Å². The van der Waals surface area contributed by atoms with Crippen molar-refractivity contribution in [1.29, 1.82) is 0 Å². The standard InChI is InChI=1S/C15H11NO/c17-13-7-5-12(6-8-13)15-14-4-2-1-3-11(14)9-10-16-15/h1-10,17H. The number of fused-ring (bicyclic) bond motifs is 1. The van der Waals surface area contributed by atoms with Crippen molar-refractivity contribution in [2.45, 2.75) is 0 Å². The molecule has 1 aromatic heterocycles. The molecule has 2 aromatic carbocycles. The van der Waals surface area contributed by atoms with Gasteiger partial charge in [0, 0.05) is 17.1 Å². The quantitative estimate of drug-likeness (QED) is 0.681. The zero-order valence-corrected chi connectivity index (χ0v) is 9.17. The predicted octanol–water partition coefficient (Wildman–Crippen LogP) is 3.61. The van der Waals surface area contributed by atoms with Crippen molar-refractivity contribution >= 4 is 10.8 Å². The zero-order chi connectivity index (χ0) is 11.7. The number of pyridine rings is 1. The van der Waals surface area contributed by atoms with Crippen LogP contribution in [0, 0.1) is 0 Å². The molecule has 2 nitrogen and oxygen atoms in total. The van der Waals surface area contributed by atoms with Crippen LogP contribution in [0.4, 0.5) is 0 Å². The molecule has 0 saturated carbocycles. The lowest BCUT2D eigenvalue weighted by Crippen LogP contribution is -1.85. The van der Waals surface area contributed by atoms with Crippen LogP contribution in [-0.2, 0) is 0 Å². The van der Waals surface area contributed by atoms with Gasteiger partial charge in [-0.25, -0.2) is 0 Å². The first-order chi connectivity index (χ1) is 8.34. The lowest BCUT2D eigenvalue weighted by atomic mass is 10.0. The monoisotopic (exact) mass is 221 g/mol. The van der Waals surface area contributed by atoms with Crippen molar-refractivity contribution in [1.82, 2.24) is 4.98 Å². The van der Waals surface area contributed by atoms with E-state index < -0.39 is 0 Å². The van der Waals surface area contributed by atoms with Crippen LogP contribution in [0.5, 0.6) is 5.75 Å². The van der Waals surface area contributed by atoms with Gasteiger partial charge in [0.05, 0.1) is 5.69 Å². The van der Waals surface area contributed by atoms with Gasteiger partial charge in [-0.3, -0.25) is 4.98 Å². The molecule has 0 atom stereocenters. The van der Waals surface area contributed by atoms with Gasteiger partial charge in [0.25, 0.3) is 0 Å². The molecule has 0 aliphatic heterocycles. The summed E-state index contributed by atoms with van der Waals surface area (Å²) in [5.41, 5.74) is 1.96. The maximum Gasteiger partial charge on any atom is 0.115 e. The number of hydrogen-bond donors (Lipinski definition) is 1. The number of rotatable bonds is 1. The molecule has 0 unspecified atom stereocenters. The van der Waals surface area contributed by atoms with E-state index in [1.807, 2.05) is 36.5 Å². The summed E-state index contributed by atoms with van der Waals surface area (Å²) in [5.74, 6) is 0.272. The van der Waals surface area contributed by atoms with Crippen molar-refractivity contribution in [3.05, 3.63) is 60.8 Å². The molecule has 3 rings (SSSR count). The third kappa shape index (κ3) is 1.74. The Bertz CT molecular complexity index is 654. The fourth-order valence-corrected chi connectivity index (χ4v) is 1.97. The van der Waals surface area contributed by atoms with E-state index in [9.17, 15) is 5.11 Å². The van der Waals surface area contributed by atoms with Crippen LogP contribution in [0.3, 0.4) is 0 Å². The lowest BCUT2D eigenvalue weighted by Gasteiger charge is -2.05. The SMILES string of the molecule is Oc1ccc(-c2nccc3ccccc23)cc1. The average Bonchev–Trinajstić information content (AvgIpc) is 2.39. The predicted molar refractivity (Wildman–Crippen MR) is 68.8 cm³/mol. The molecule has 0 fully saturated rings. The molecule has 0 saturated heterocycles. The molecular weight excluding hydrogens is 210 g/mol. The summed E-state index contributed by atoms with van der Waals surface area (Å²) in [4.78, 5) is 4.43. The topological polar surface area (TPSA) is 33.1 Å². The van der Waals surface area contributed by atoms with Gasteiger partial charge in [-0.1, -0.05) is 24.3 Å². The second kappa shape index (κ2) is 3.91. The number of aromatic hydroxyl groups is 1. The van der Waals surface area contributed by atoms with Gasteiger partial charge < -0.3 is 5.11 Å². The second-order valence-corrected chi connectivity index (χ2v) is 3.93. The molecule has 0 aliphatic rings. The van der Waals surface area contributed by atoms with E-state index in [0.717, 1.165) is 16.6 Å². The highest BCUT2D eigenvalue weighted by atomic mass is 16.3. The van der Waals surface area contributed by atoms with E-state index in [1.165, 1.54) is 5.39 Å². The molecule has 0 amide bonds. The Morgan fingerprint density at radius 3 is 2.41 bits per heavy atom. The van der Waals surface area contributed by atoms with Crippen molar-refractivity contribution in [3.63, 3.8) is 0 Å². The molecule has 1 N–H and O–H groups in total. The summed E-state index contributed by atoms with van der Waals surface area (Å²) in [6, 6.07) is 17.3. The summed E-state index contributed by atoms with van der Waals surface area (Å²) in [6.07, 6.45) is 1.81. The van der Waals surface area contributed by atoms with Gasteiger partial charge in [-0.15, -0.1) is 0 Å². The average molecular weight is 221 g/mol.